The van der Waals surface area contributed by atoms with E-state index in [4.69, 9.17) is 5.84 Å². The quantitative estimate of drug-likeness (QED) is 0.449. The normalized spacial score (nSPS) is 9.82. The molecular weight excluding hydrogens is 288 g/mol. The van der Waals surface area contributed by atoms with Gasteiger partial charge in [-0.05, 0) is 22.9 Å². The van der Waals surface area contributed by atoms with Crippen molar-refractivity contribution in [2.45, 2.75) is 13.3 Å². The second-order valence-electron chi connectivity index (χ2n) is 3.16. The summed E-state index contributed by atoms with van der Waals surface area (Å²) in [7, 11) is 0. The van der Waals surface area contributed by atoms with E-state index in [-0.39, 0.29) is 5.91 Å². The predicted molar refractivity (Wildman–Crippen MR) is 69.3 cm³/mol. The molecule has 7 nitrogen and oxygen atoms in total. The van der Waals surface area contributed by atoms with Gasteiger partial charge in [0, 0.05) is 19.5 Å². The third-order valence-corrected chi connectivity index (χ3v) is 2.70. The molecule has 1 heterocycles. The Balaban J connectivity index is 2.49. The number of rotatable bonds is 6. The lowest BCUT2D eigenvalue weighted by atomic mass is 10.4. The Labute approximate surface area is 108 Å². The number of anilines is 2. The fraction of sp³-hybridized carbons (Fsp3) is 0.444. The fourth-order valence-electron chi connectivity index (χ4n) is 1.17. The summed E-state index contributed by atoms with van der Waals surface area (Å²) in [6, 6.07) is 0. The number of hydrogen-bond donors (Lipinski definition) is 4. The Morgan fingerprint density at radius 1 is 1.47 bits per heavy atom. The number of aromatic nitrogens is 2. The van der Waals surface area contributed by atoms with Crippen LogP contribution in [0.2, 0.25) is 0 Å². The van der Waals surface area contributed by atoms with E-state index in [1.54, 1.807) is 0 Å². The molecule has 1 rings (SSSR count). The van der Waals surface area contributed by atoms with Crippen molar-refractivity contribution in [2.75, 3.05) is 23.8 Å². The number of hydrogen-bond acceptors (Lipinski definition) is 6. The van der Waals surface area contributed by atoms with Gasteiger partial charge in [0.25, 0.3) is 0 Å². The molecule has 0 fully saturated rings. The number of carbonyl (C=O) groups excluding carboxylic acids is 1. The topological polar surface area (TPSA) is 105 Å². The molecule has 17 heavy (non-hydrogen) atoms. The van der Waals surface area contributed by atoms with Gasteiger partial charge in [-0.3, -0.25) is 4.79 Å². The number of carbonyl (C=O) groups is 1. The van der Waals surface area contributed by atoms with Crippen molar-refractivity contribution in [1.82, 2.24) is 15.3 Å². The molecular formula is C9H15BrN6O. The first-order valence-electron chi connectivity index (χ1n) is 5.16. The van der Waals surface area contributed by atoms with Crippen LogP contribution in [0, 0.1) is 0 Å². The molecule has 0 radical (unpaired) electrons. The Hall–Kier alpha value is -1.41. The number of hydrazine groups is 1. The zero-order chi connectivity index (χ0) is 12.7. The fourth-order valence-corrected chi connectivity index (χ4v) is 1.63. The van der Waals surface area contributed by atoms with Gasteiger partial charge in [-0.1, -0.05) is 0 Å². The summed E-state index contributed by atoms with van der Waals surface area (Å²) in [4.78, 5) is 19.2. The van der Waals surface area contributed by atoms with Crippen LogP contribution in [-0.2, 0) is 4.79 Å². The highest BCUT2D eigenvalue weighted by atomic mass is 79.9. The van der Waals surface area contributed by atoms with Gasteiger partial charge in [-0.15, -0.1) is 0 Å². The molecule has 1 aromatic heterocycles. The van der Waals surface area contributed by atoms with Crippen molar-refractivity contribution in [2.24, 2.45) is 5.84 Å². The molecule has 0 spiro atoms. The van der Waals surface area contributed by atoms with E-state index in [9.17, 15) is 4.79 Å². The van der Waals surface area contributed by atoms with Crippen LogP contribution < -0.4 is 21.9 Å². The Morgan fingerprint density at radius 3 is 2.82 bits per heavy atom. The summed E-state index contributed by atoms with van der Waals surface area (Å²) in [6.45, 7) is 3.01. The van der Waals surface area contributed by atoms with Crippen molar-refractivity contribution >= 4 is 33.5 Å². The number of nitrogen functional groups attached to an aromatic ring is 1. The van der Waals surface area contributed by atoms with Crippen LogP contribution >= 0.6 is 15.9 Å². The summed E-state index contributed by atoms with van der Waals surface area (Å²) in [5, 5.41) is 5.74. The van der Waals surface area contributed by atoms with Crippen molar-refractivity contribution < 1.29 is 4.79 Å². The largest absolute Gasteiger partial charge is 0.368 e. The molecule has 0 aliphatic rings. The van der Waals surface area contributed by atoms with E-state index in [0.29, 0.717) is 35.6 Å². The zero-order valence-corrected chi connectivity index (χ0v) is 11.0. The lowest BCUT2D eigenvalue weighted by Crippen LogP contribution is -2.25. The Kier molecular flexibility index (Phi) is 5.64. The van der Waals surface area contributed by atoms with Crippen LogP contribution in [-0.4, -0.2) is 29.0 Å². The molecule has 0 saturated carbocycles. The smallest absolute Gasteiger partial charge is 0.221 e. The van der Waals surface area contributed by atoms with Gasteiger partial charge in [0.15, 0.2) is 5.82 Å². The molecule has 0 unspecified atom stereocenters. The first-order valence-corrected chi connectivity index (χ1v) is 5.96. The number of nitrogens with zero attached hydrogens (tertiary/aromatic N) is 2. The lowest BCUT2D eigenvalue weighted by molar-refractivity contribution is -0.120. The van der Waals surface area contributed by atoms with E-state index in [1.807, 2.05) is 6.92 Å². The first-order chi connectivity index (χ1) is 8.19. The molecule has 1 aromatic rings. The van der Waals surface area contributed by atoms with Gasteiger partial charge in [0.05, 0.1) is 0 Å². The highest BCUT2D eigenvalue weighted by molar-refractivity contribution is 9.10. The van der Waals surface area contributed by atoms with E-state index >= 15 is 0 Å². The SMILES string of the molecule is CCNC(=O)CCNc1ncnc(NN)c1Br. The molecule has 1 amide bonds. The molecule has 0 bridgehead atoms. The van der Waals surface area contributed by atoms with Gasteiger partial charge in [-0.25, -0.2) is 15.8 Å². The predicted octanol–water partition coefficient (Wildman–Crippen LogP) is 0.463. The van der Waals surface area contributed by atoms with Crippen molar-refractivity contribution in [3.63, 3.8) is 0 Å². The maximum atomic E-state index is 11.2. The van der Waals surface area contributed by atoms with Crippen LogP contribution in [0.3, 0.4) is 0 Å². The van der Waals surface area contributed by atoms with E-state index in [2.05, 4.69) is 42.0 Å². The van der Waals surface area contributed by atoms with Crippen LogP contribution in [0.25, 0.3) is 0 Å². The molecule has 94 valence electrons. The van der Waals surface area contributed by atoms with Gasteiger partial charge < -0.3 is 16.1 Å². The van der Waals surface area contributed by atoms with E-state index in [1.165, 1.54) is 6.33 Å². The van der Waals surface area contributed by atoms with Crippen LogP contribution in [0.15, 0.2) is 10.8 Å². The minimum absolute atomic E-state index is 0.00218. The number of amides is 1. The van der Waals surface area contributed by atoms with Crippen molar-refractivity contribution in [3.8, 4) is 0 Å². The maximum Gasteiger partial charge on any atom is 0.221 e. The van der Waals surface area contributed by atoms with Crippen molar-refractivity contribution in [1.29, 1.82) is 0 Å². The standard InChI is InChI=1S/C9H15BrN6O/c1-2-12-6(17)3-4-13-8-7(10)9(16-11)15-5-14-8/h5H,2-4,11H2,1H3,(H,12,17)(H2,13,14,15,16). The van der Waals surface area contributed by atoms with E-state index in [0.717, 1.165) is 0 Å². The maximum absolute atomic E-state index is 11.2. The molecule has 0 saturated heterocycles. The van der Waals surface area contributed by atoms with Crippen molar-refractivity contribution in [3.05, 3.63) is 10.8 Å². The van der Waals surface area contributed by atoms with Crippen LogP contribution in [0.4, 0.5) is 11.6 Å². The third-order valence-electron chi connectivity index (χ3n) is 1.94. The van der Waals surface area contributed by atoms with E-state index < -0.39 is 0 Å². The Bertz CT molecular complexity index is 386. The number of nitrogens with two attached hydrogens (primary N) is 1. The highest BCUT2D eigenvalue weighted by Gasteiger charge is 2.07. The monoisotopic (exact) mass is 302 g/mol. The number of nitrogens with one attached hydrogen (secondary N) is 3. The molecule has 8 heteroatoms. The minimum Gasteiger partial charge on any atom is -0.368 e. The number of halogens is 1. The molecule has 0 aliphatic carbocycles. The average molecular weight is 303 g/mol. The molecule has 5 N–H and O–H groups in total. The molecule has 0 atom stereocenters. The zero-order valence-electron chi connectivity index (χ0n) is 9.46. The second-order valence-corrected chi connectivity index (χ2v) is 3.95. The summed E-state index contributed by atoms with van der Waals surface area (Å²) < 4.78 is 0.637. The first kappa shape index (κ1) is 13.7. The summed E-state index contributed by atoms with van der Waals surface area (Å²) in [6.07, 6.45) is 1.77. The van der Waals surface area contributed by atoms with Gasteiger partial charge in [0.1, 0.15) is 16.6 Å². The minimum atomic E-state index is 0.00218. The second kappa shape index (κ2) is 7.02. The van der Waals surface area contributed by atoms with Crippen LogP contribution in [0.5, 0.6) is 0 Å². The third kappa shape index (κ3) is 4.16. The summed E-state index contributed by atoms with van der Waals surface area (Å²) >= 11 is 3.31. The van der Waals surface area contributed by atoms with Crippen LogP contribution in [0.1, 0.15) is 13.3 Å². The molecule has 0 aliphatic heterocycles. The molecule has 0 aromatic carbocycles. The summed E-state index contributed by atoms with van der Waals surface area (Å²) in [5.41, 5.74) is 2.44. The van der Waals surface area contributed by atoms with Gasteiger partial charge in [-0.2, -0.15) is 0 Å². The average Bonchev–Trinajstić information content (AvgIpc) is 2.32. The lowest BCUT2D eigenvalue weighted by Gasteiger charge is -2.09. The van der Waals surface area contributed by atoms with Gasteiger partial charge in [0.2, 0.25) is 5.91 Å². The summed E-state index contributed by atoms with van der Waals surface area (Å²) in [5.74, 6) is 6.36. The highest BCUT2D eigenvalue weighted by Crippen LogP contribution is 2.25. The van der Waals surface area contributed by atoms with Gasteiger partial charge >= 0.3 is 0 Å². The Morgan fingerprint density at radius 2 is 2.18 bits per heavy atom.